The van der Waals surface area contributed by atoms with Crippen LogP contribution in [0.1, 0.15) is 0 Å². The fraction of sp³-hybridized carbons (Fsp3) is 0.0476. The van der Waals surface area contributed by atoms with Gasteiger partial charge >= 0.3 is 0 Å². The van der Waals surface area contributed by atoms with Gasteiger partial charge in [0.2, 0.25) is 0 Å². The molecule has 0 amide bonds. The Bertz CT molecular complexity index is 1480. The molecule has 0 saturated heterocycles. The quantitative estimate of drug-likeness (QED) is 0.423. The van der Waals surface area contributed by atoms with Crippen molar-refractivity contribution in [2.75, 3.05) is 0 Å². The van der Waals surface area contributed by atoms with Gasteiger partial charge in [-0.05, 0) is 35.9 Å². The minimum absolute atomic E-state index is 0.00353. The van der Waals surface area contributed by atoms with E-state index in [2.05, 4.69) is 10.1 Å². The highest BCUT2D eigenvalue weighted by atomic mass is 35.5. The van der Waals surface area contributed by atoms with E-state index in [1.54, 1.807) is 12.1 Å². The van der Waals surface area contributed by atoms with Gasteiger partial charge in [0.1, 0.15) is 0 Å². The van der Waals surface area contributed by atoms with Crippen LogP contribution in [0.2, 0.25) is 10.0 Å². The van der Waals surface area contributed by atoms with Crippen LogP contribution in [0.15, 0.2) is 59.8 Å². The number of aromatic amines is 1. The van der Waals surface area contributed by atoms with Gasteiger partial charge in [0.25, 0.3) is 5.56 Å². The van der Waals surface area contributed by atoms with Gasteiger partial charge in [-0.25, -0.2) is 4.68 Å². The van der Waals surface area contributed by atoms with E-state index in [9.17, 15) is 9.90 Å². The average molecular weight is 425 g/mol. The van der Waals surface area contributed by atoms with Gasteiger partial charge in [-0.15, -0.1) is 0 Å². The number of aromatic nitrogens is 4. The molecule has 0 aliphatic carbocycles. The Kier molecular flexibility index (Phi) is 3.94. The molecule has 5 aromatic rings. The van der Waals surface area contributed by atoms with Gasteiger partial charge in [0, 0.05) is 41.3 Å². The number of fused-ring (bicyclic) bond motifs is 2. The third kappa shape index (κ3) is 2.80. The number of rotatable bonds is 2. The molecule has 2 N–H and O–H groups in total. The zero-order valence-corrected chi connectivity index (χ0v) is 16.7. The molecule has 6 nitrogen and oxygen atoms in total. The van der Waals surface area contributed by atoms with E-state index in [1.807, 2.05) is 42.1 Å². The molecule has 29 heavy (non-hydrogen) atoms. The molecule has 0 aliphatic rings. The Hall–Kier alpha value is -3.22. The number of halogens is 2. The van der Waals surface area contributed by atoms with E-state index in [0.29, 0.717) is 20.9 Å². The molecule has 2 aromatic carbocycles. The summed E-state index contributed by atoms with van der Waals surface area (Å²) in [6.45, 7) is 0. The molecule has 5 rings (SSSR count). The van der Waals surface area contributed by atoms with Crippen LogP contribution in [0, 0.1) is 0 Å². The van der Waals surface area contributed by atoms with Crippen LogP contribution in [0.4, 0.5) is 0 Å². The van der Waals surface area contributed by atoms with Gasteiger partial charge in [-0.3, -0.25) is 4.79 Å². The Morgan fingerprint density at radius 3 is 2.72 bits per heavy atom. The van der Waals surface area contributed by atoms with Crippen molar-refractivity contribution >= 4 is 45.0 Å². The number of nitrogens with one attached hydrogen (secondary N) is 1. The van der Waals surface area contributed by atoms with Crippen LogP contribution >= 0.6 is 23.2 Å². The van der Waals surface area contributed by atoms with E-state index in [0.717, 1.165) is 22.0 Å². The summed E-state index contributed by atoms with van der Waals surface area (Å²) in [6, 6.07) is 11.5. The first-order chi connectivity index (χ1) is 13.9. The predicted octanol–water partition coefficient (Wildman–Crippen LogP) is 4.88. The lowest BCUT2D eigenvalue weighted by molar-refractivity contribution is 0.475. The second kappa shape index (κ2) is 6.40. The Morgan fingerprint density at radius 1 is 1.14 bits per heavy atom. The molecule has 0 radical (unpaired) electrons. The van der Waals surface area contributed by atoms with E-state index >= 15 is 0 Å². The maximum absolute atomic E-state index is 12.5. The summed E-state index contributed by atoms with van der Waals surface area (Å²) in [4.78, 5) is 15.3. The Balaban J connectivity index is 1.76. The summed E-state index contributed by atoms with van der Waals surface area (Å²) in [6.07, 6.45) is 4.85. The van der Waals surface area contributed by atoms with E-state index in [1.165, 1.54) is 17.1 Å². The SMILES string of the molecule is Cn1ccc2cc(-c3cc4c(O)c(-n5cc(Cl)cn5)c(=O)[nH]c4cc3Cl)ccc21. The highest BCUT2D eigenvalue weighted by molar-refractivity contribution is 6.34. The summed E-state index contributed by atoms with van der Waals surface area (Å²) in [5.41, 5.74) is 2.70. The molecule has 0 aliphatic heterocycles. The van der Waals surface area contributed by atoms with Gasteiger partial charge in [-0.1, -0.05) is 29.3 Å². The van der Waals surface area contributed by atoms with Crippen LogP contribution in [0.3, 0.4) is 0 Å². The van der Waals surface area contributed by atoms with Crippen molar-refractivity contribution in [2.24, 2.45) is 7.05 Å². The number of H-pyrrole nitrogens is 1. The first kappa shape index (κ1) is 17.8. The van der Waals surface area contributed by atoms with Crippen LogP contribution in [0.25, 0.3) is 38.6 Å². The minimum Gasteiger partial charge on any atom is -0.505 e. The highest BCUT2D eigenvalue weighted by Gasteiger charge is 2.17. The third-order valence-corrected chi connectivity index (χ3v) is 5.53. The lowest BCUT2D eigenvalue weighted by Gasteiger charge is -2.11. The summed E-state index contributed by atoms with van der Waals surface area (Å²) in [7, 11) is 1.99. The second-order valence-electron chi connectivity index (χ2n) is 6.83. The number of nitrogens with zero attached hydrogens (tertiary/aromatic N) is 3. The first-order valence-corrected chi connectivity index (χ1v) is 9.52. The smallest absolute Gasteiger partial charge is 0.278 e. The highest BCUT2D eigenvalue weighted by Crippen LogP contribution is 2.37. The number of pyridine rings is 1. The molecule has 0 spiro atoms. The van der Waals surface area contributed by atoms with Gasteiger partial charge in [0.15, 0.2) is 11.4 Å². The maximum Gasteiger partial charge on any atom is 0.278 e. The topological polar surface area (TPSA) is 75.8 Å². The normalized spacial score (nSPS) is 11.6. The molecule has 8 heteroatoms. The monoisotopic (exact) mass is 424 g/mol. The zero-order chi connectivity index (χ0) is 20.3. The van der Waals surface area contributed by atoms with Crippen LogP contribution < -0.4 is 5.56 Å². The van der Waals surface area contributed by atoms with Crippen molar-refractivity contribution in [1.29, 1.82) is 0 Å². The standard InChI is InChI=1S/C21H14Cl2N4O2/c1-26-5-4-12-6-11(2-3-18(12)26)14-7-15-17(8-16(14)23)25-21(29)19(20(15)28)27-10-13(22)9-24-27/h2-10H,1H3,(H2,25,28,29). The molecular formula is C21H14Cl2N4O2. The summed E-state index contributed by atoms with van der Waals surface area (Å²) >= 11 is 12.4. The predicted molar refractivity (Wildman–Crippen MR) is 115 cm³/mol. The van der Waals surface area contributed by atoms with Crippen LogP contribution in [0.5, 0.6) is 5.75 Å². The maximum atomic E-state index is 12.5. The van der Waals surface area contributed by atoms with Gasteiger partial charge in [-0.2, -0.15) is 5.10 Å². The van der Waals surface area contributed by atoms with E-state index in [4.69, 9.17) is 23.2 Å². The second-order valence-corrected chi connectivity index (χ2v) is 7.68. The number of hydrogen-bond donors (Lipinski definition) is 2. The Labute approximate surface area is 174 Å². The first-order valence-electron chi connectivity index (χ1n) is 8.77. The van der Waals surface area contributed by atoms with Crippen molar-refractivity contribution in [3.8, 4) is 22.6 Å². The molecule has 3 heterocycles. The molecule has 0 saturated carbocycles. The van der Waals surface area contributed by atoms with Gasteiger partial charge < -0.3 is 14.7 Å². The summed E-state index contributed by atoms with van der Waals surface area (Å²) < 4.78 is 3.29. The van der Waals surface area contributed by atoms with Crippen molar-refractivity contribution in [2.45, 2.75) is 0 Å². The number of benzene rings is 2. The van der Waals surface area contributed by atoms with E-state index < -0.39 is 5.56 Å². The largest absolute Gasteiger partial charge is 0.505 e. The zero-order valence-electron chi connectivity index (χ0n) is 15.1. The molecule has 144 valence electrons. The van der Waals surface area contributed by atoms with Crippen molar-refractivity contribution in [3.05, 3.63) is 75.4 Å². The number of hydrogen-bond acceptors (Lipinski definition) is 3. The van der Waals surface area contributed by atoms with Crippen LogP contribution in [-0.4, -0.2) is 24.4 Å². The lowest BCUT2D eigenvalue weighted by Crippen LogP contribution is -2.15. The van der Waals surface area contributed by atoms with Crippen molar-refractivity contribution in [3.63, 3.8) is 0 Å². The number of aromatic hydroxyl groups is 1. The summed E-state index contributed by atoms with van der Waals surface area (Å²) in [5.74, 6) is -0.192. The number of aryl methyl sites for hydroxylation is 1. The van der Waals surface area contributed by atoms with Crippen LogP contribution in [-0.2, 0) is 7.05 Å². The van der Waals surface area contributed by atoms with Crippen molar-refractivity contribution < 1.29 is 5.11 Å². The third-order valence-electron chi connectivity index (χ3n) is 5.03. The molecule has 0 bridgehead atoms. The van der Waals surface area contributed by atoms with Crippen molar-refractivity contribution in [1.82, 2.24) is 19.3 Å². The van der Waals surface area contributed by atoms with E-state index in [-0.39, 0.29) is 11.4 Å². The molecule has 0 unspecified atom stereocenters. The molecule has 0 fully saturated rings. The molecule has 0 atom stereocenters. The molecule has 3 aromatic heterocycles. The summed E-state index contributed by atoms with van der Waals surface area (Å²) in [5, 5.41) is 17.3. The van der Waals surface area contributed by atoms with Gasteiger partial charge in [0.05, 0.1) is 21.8 Å². The lowest BCUT2D eigenvalue weighted by atomic mass is 10.0. The Morgan fingerprint density at radius 2 is 1.97 bits per heavy atom. The minimum atomic E-state index is -0.496. The molecular weight excluding hydrogens is 411 g/mol. The fourth-order valence-corrected chi connectivity index (χ4v) is 4.00. The average Bonchev–Trinajstić information content (AvgIpc) is 3.27. The fourth-order valence-electron chi connectivity index (χ4n) is 3.60.